The van der Waals surface area contributed by atoms with Crippen molar-refractivity contribution < 1.29 is 19.1 Å². The first kappa shape index (κ1) is 19.8. The molecule has 0 saturated carbocycles. The number of nitrogens with zero attached hydrogens (tertiary/aromatic N) is 1. The van der Waals surface area contributed by atoms with Gasteiger partial charge in [0.2, 0.25) is 0 Å². The van der Waals surface area contributed by atoms with Crippen molar-refractivity contribution in [2.45, 2.75) is 32.4 Å². The number of rotatable bonds is 7. The quantitative estimate of drug-likeness (QED) is 0.432. The van der Waals surface area contributed by atoms with Crippen molar-refractivity contribution in [3.8, 4) is 0 Å². The SMILES string of the molecule is CCOP(=O)(CCc1ccccc1)N1Cc2ccccc2C[C@@H]1C(=O)NO. The normalized spacial score (nSPS) is 19.1. The summed E-state index contributed by atoms with van der Waals surface area (Å²) in [4.78, 5) is 12.3. The third-order valence-electron chi connectivity index (χ3n) is 4.88. The minimum atomic E-state index is -3.28. The van der Waals surface area contributed by atoms with E-state index in [4.69, 9.17) is 4.52 Å². The molecule has 1 aliphatic heterocycles. The Labute approximate surface area is 159 Å². The molecule has 0 aromatic heterocycles. The predicted octanol–water partition coefficient (Wildman–Crippen LogP) is 3.39. The minimum Gasteiger partial charge on any atom is -0.318 e. The Kier molecular flexibility index (Phi) is 6.45. The lowest BCUT2D eigenvalue weighted by Crippen LogP contribution is -2.48. The molecule has 0 fully saturated rings. The molecule has 7 heteroatoms. The van der Waals surface area contributed by atoms with Gasteiger partial charge >= 0.3 is 0 Å². The summed E-state index contributed by atoms with van der Waals surface area (Å²) >= 11 is 0. The van der Waals surface area contributed by atoms with Gasteiger partial charge in [0.1, 0.15) is 6.04 Å². The Hall–Kier alpha value is -1.98. The molecule has 1 heterocycles. The van der Waals surface area contributed by atoms with Crippen molar-refractivity contribution in [1.29, 1.82) is 0 Å². The van der Waals surface area contributed by atoms with Crippen molar-refractivity contribution >= 4 is 13.4 Å². The van der Waals surface area contributed by atoms with Crippen molar-refractivity contribution in [1.82, 2.24) is 10.2 Å². The number of benzene rings is 2. The Morgan fingerprint density at radius 2 is 1.85 bits per heavy atom. The summed E-state index contributed by atoms with van der Waals surface area (Å²) in [6.45, 7) is 2.44. The van der Waals surface area contributed by atoms with E-state index in [0.29, 0.717) is 25.5 Å². The zero-order chi connectivity index (χ0) is 19.3. The number of carbonyl (C=O) groups excluding carboxylic acids is 1. The fourth-order valence-corrected chi connectivity index (χ4v) is 5.97. The summed E-state index contributed by atoms with van der Waals surface area (Å²) in [7, 11) is -3.28. The van der Waals surface area contributed by atoms with Gasteiger partial charge in [0.25, 0.3) is 13.4 Å². The Bertz CT molecular complexity index is 828. The molecule has 0 aliphatic carbocycles. The maximum Gasteiger partial charge on any atom is 0.273 e. The average molecular weight is 388 g/mol. The number of hydrogen-bond donors (Lipinski definition) is 2. The van der Waals surface area contributed by atoms with Crippen LogP contribution in [0.15, 0.2) is 54.6 Å². The molecule has 0 bridgehead atoms. The van der Waals surface area contributed by atoms with Gasteiger partial charge in [0.15, 0.2) is 0 Å². The highest BCUT2D eigenvalue weighted by Crippen LogP contribution is 2.54. The van der Waals surface area contributed by atoms with Crippen LogP contribution in [0.25, 0.3) is 0 Å². The number of aryl methyl sites for hydroxylation is 1. The molecule has 2 aromatic carbocycles. The molecule has 2 aromatic rings. The highest BCUT2D eigenvalue weighted by atomic mass is 31.2. The second-order valence-electron chi connectivity index (χ2n) is 6.58. The standard InChI is InChI=1S/C20H25N2O4P/c1-2-26-27(25,13-12-16-8-4-3-5-9-16)22-15-18-11-7-6-10-17(18)14-19(22)20(23)21-24/h3-11,19,24H,2,12-15H2,1H3,(H,21,23)/t19-,27?/m1/s1. The van der Waals surface area contributed by atoms with Gasteiger partial charge in [-0.25, -0.2) is 10.2 Å². The first-order chi connectivity index (χ1) is 13.1. The van der Waals surface area contributed by atoms with E-state index in [1.807, 2.05) is 54.6 Å². The van der Waals surface area contributed by atoms with Crippen molar-refractivity contribution in [2.75, 3.05) is 12.8 Å². The largest absolute Gasteiger partial charge is 0.318 e. The van der Waals surface area contributed by atoms with Crippen molar-refractivity contribution in [3.63, 3.8) is 0 Å². The highest BCUT2D eigenvalue weighted by Gasteiger charge is 2.42. The molecule has 6 nitrogen and oxygen atoms in total. The van der Waals surface area contributed by atoms with Gasteiger partial charge in [0.05, 0.1) is 6.61 Å². The summed E-state index contributed by atoms with van der Waals surface area (Å²) in [6, 6.07) is 16.8. The molecule has 0 spiro atoms. The molecule has 3 rings (SSSR count). The van der Waals surface area contributed by atoms with Gasteiger partial charge in [0, 0.05) is 12.7 Å². The fraction of sp³-hybridized carbons (Fsp3) is 0.350. The molecule has 0 saturated heterocycles. The smallest absolute Gasteiger partial charge is 0.273 e. The Morgan fingerprint density at radius 3 is 2.52 bits per heavy atom. The first-order valence-corrected chi connectivity index (χ1v) is 10.9. The van der Waals surface area contributed by atoms with E-state index in [2.05, 4.69) is 0 Å². The van der Waals surface area contributed by atoms with Crippen molar-refractivity contribution in [2.24, 2.45) is 0 Å². The summed E-state index contributed by atoms with van der Waals surface area (Å²) < 4.78 is 21.2. The Balaban J connectivity index is 1.90. The van der Waals surface area contributed by atoms with Crippen LogP contribution >= 0.6 is 7.52 Å². The lowest BCUT2D eigenvalue weighted by molar-refractivity contribution is -0.133. The van der Waals surface area contributed by atoms with Gasteiger partial charge in [-0.15, -0.1) is 0 Å². The van der Waals surface area contributed by atoms with E-state index in [0.717, 1.165) is 16.7 Å². The number of hydroxylamine groups is 1. The van der Waals surface area contributed by atoms with Gasteiger partial charge in [-0.1, -0.05) is 54.6 Å². The topological polar surface area (TPSA) is 78.9 Å². The third kappa shape index (κ3) is 4.47. The van der Waals surface area contributed by atoms with E-state index in [-0.39, 0.29) is 6.61 Å². The number of carbonyl (C=O) groups is 1. The molecular formula is C20H25N2O4P. The number of nitrogens with one attached hydrogen (secondary N) is 1. The number of amides is 1. The zero-order valence-electron chi connectivity index (χ0n) is 15.4. The second kappa shape index (κ2) is 8.81. The minimum absolute atomic E-state index is 0.289. The maximum absolute atomic E-state index is 13.8. The Morgan fingerprint density at radius 1 is 1.19 bits per heavy atom. The van der Waals surface area contributed by atoms with E-state index < -0.39 is 19.5 Å². The van der Waals surface area contributed by atoms with E-state index in [9.17, 15) is 14.6 Å². The summed E-state index contributed by atoms with van der Waals surface area (Å²) in [5, 5.41) is 9.20. The number of hydrogen-bond acceptors (Lipinski definition) is 4. The summed E-state index contributed by atoms with van der Waals surface area (Å²) in [6.07, 6.45) is 1.27. The highest BCUT2D eigenvalue weighted by molar-refractivity contribution is 7.56. The monoisotopic (exact) mass is 388 g/mol. The van der Waals surface area contributed by atoms with Gasteiger partial charge in [-0.3, -0.25) is 14.6 Å². The van der Waals surface area contributed by atoms with Crippen LogP contribution in [0.4, 0.5) is 0 Å². The van der Waals surface area contributed by atoms with Crippen LogP contribution in [-0.2, 0) is 33.3 Å². The first-order valence-electron chi connectivity index (χ1n) is 9.12. The van der Waals surface area contributed by atoms with Crippen LogP contribution in [-0.4, -0.2) is 34.6 Å². The second-order valence-corrected chi connectivity index (χ2v) is 9.07. The molecule has 0 radical (unpaired) electrons. The van der Waals surface area contributed by atoms with Gasteiger partial charge in [-0.2, -0.15) is 0 Å². The average Bonchev–Trinajstić information content (AvgIpc) is 2.71. The third-order valence-corrected chi connectivity index (χ3v) is 7.54. The van der Waals surface area contributed by atoms with Crippen LogP contribution in [0.5, 0.6) is 0 Å². The summed E-state index contributed by atoms with van der Waals surface area (Å²) in [5.41, 5.74) is 4.84. The zero-order valence-corrected chi connectivity index (χ0v) is 16.3. The molecular weight excluding hydrogens is 363 g/mol. The van der Waals surface area contributed by atoms with Crippen LogP contribution in [0.3, 0.4) is 0 Å². The molecule has 27 heavy (non-hydrogen) atoms. The molecule has 1 aliphatic rings. The van der Waals surface area contributed by atoms with Crippen LogP contribution in [0, 0.1) is 0 Å². The van der Waals surface area contributed by atoms with Crippen LogP contribution in [0.2, 0.25) is 0 Å². The molecule has 1 unspecified atom stereocenters. The lowest BCUT2D eigenvalue weighted by atomic mass is 9.95. The van der Waals surface area contributed by atoms with Gasteiger partial charge < -0.3 is 4.52 Å². The lowest BCUT2D eigenvalue weighted by Gasteiger charge is -2.39. The van der Waals surface area contributed by atoms with Gasteiger partial charge in [-0.05, 0) is 36.5 Å². The molecule has 144 valence electrons. The van der Waals surface area contributed by atoms with Crippen LogP contribution < -0.4 is 5.48 Å². The predicted molar refractivity (Wildman–Crippen MR) is 104 cm³/mol. The number of fused-ring (bicyclic) bond motifs is 1. The van der Waals surface area contributed by atoms with E-state index in [1.165, 1.54) is 0 Å². The van der Waals surface area contributed by atoms with E-state index in [1.54, 1.807) is 17.1 Å². The summed E-state index contributed by atoms with van der Waals surface area (Å²) in [5.74, 6) is -0.566. The molecule has 2 N–H and O–H groups in total. The maximum atomic E-state index is 13.8. The molecule has 2 atom stereocenters. The van der Waals surface area contributed by atoms with Crippen molar-refractivity contribution in [3.05, 3.63) is 71.3 Å². The van der Waals surface area contributed by atoms with E-state index >= 15 is 0 Å². The molecule has 1 amide bonds. The fourth-order valence-electron chi connectivity index (χ4n) is 3.52. The van der Waals surface area contributed by atoms with Crippen LogP contribution in [0.1, 0.15) is 23.6 Å².